The van der Waals surface area contributed by atoms with E-state index in [0.29, 0.717) is 6.61 Å². The van der Waals surface area contributed by atoms with Gasteiger partial charge in [0, 0.05) is 4.47 Å². The number of carbonyl (C=O) groups is 1. The van der Waals surface area contributed by atoms with Crippen LogP contribution in [0.25, 0.3) is 0 Å². The minimum Gasteiger partial charge on any atom is -0.465 e. The van der Waals surface area contributed by atoms with Crippen LogP contribution in [0.5, 0.6) is 0 Å². The first-order valence-electron chi connectivity index (χ1n) is 6.78. The minimum atomic E-state index is -0.363. The molecule has 104 valence electrons. The van der Waals surface area contributed by atoms with Gasteiger partial charge in [-0.3, -0.25) is 0 Å². The molecule has 1 aromatic carbocycles. The lowest BCUT2D eigenvalue weighted by atomic mass is 10.0. The minimum absolute atomic E-state index is 0.195. The Morgan fingerprint density at radius 1 is 1.53 bits per heavy atom. The Morgan fingerprint density at radius 2 is 2.26 bits per heavy atom. The van der Waals surface area contributed by atoms with Crippen LogP contribution < -0.4 is 5.32 Å². The zero-order chi connectivity index (χ0) is 13.8. The van der Waals surface area contributed by atoms with E-state index in [1.165, 1.54) is 12.8 Å². The number of esters is 1. The van der Waals surface area contributed by atoms with Crippen LogP contribution in [0.3, 0.4) is 0 Å². The zero-order valence-electron chi connectivity index (χ0n) is 11.4. The summed E-state index contributed by atoms with van der Waals surface area (Å²) in [6.07, 6.45) is 2.53. The van der Waals surface area contributed by atoms with E-state index in [4.69, 9.17) is 4.74 Å². The van der Waals surface area contributed by atoms with Crippen molar-refractivity contribution < 1.29 is 9.53 Å². The van der Waals surface area contributed by atoms with Crippen molar-refractivity contribution in [3.8, 4) is 0 Å². The molecule has 1 aliphatic carbocycles. The van der Waals surface area contributed by atoms with Crippen molar-refractivity contribution >= 4 is 21.9 Å². The second kappa shape index (κ2) is 6.53. The van der Waals surface area contributed by atoms with E-state index in [0.717, 1.165) is 28.1 Å². The van der Waals surface area contributed by atoms with Gasteiger partial charge in [-0.05, 0) is 56.3 Å². The molecule has 0 heterocycles. The summed E-state index contributed by atoms with van der Waals surface area (Å²) in [5.41, 5.74) is 2.12. The molecule has 19 heavy (non-hydrogen) atoms. The Hall–Kier alpha value is -0.870. The van der Waals surface area contributed by atoms with Gasteiger partial charge >= 0.3 is 5.97 Å². The fraction of sp³-hybridized carbons (Fsp3) is 0.533. The second-order valence-electron chi connectivity index (χ2n) is 5.05. The molecule has 4 heteroatoms. The third-order valence-electron chi connectivity index (χ3n) is 3.36. The molecule has 1 N–H and O–H groups in total. The second-order valence-corrected chi connectivity index (χ2v) is 5.90. The molecule has 0 radical (unpaired) electrons. The first-order valence-corrected chi connectivity index (χ1v) is 7.57. The van der Waals surface area contributed by atoms with E-state index in [1.807, 2.05) is 32.0 Å². The van der Waals surface area contributed by atoms with E-state index < -0.39 is 0 Å². The molecule has 0 amide bonds. The molecule has 1 saturated carbocycles. The Balaban J connectivity index is 2.13. The summed E-state index contributed by atoms with van der Waals surface area (Å²) in [7, 11) is 0. The van der Waals surface area contributed by atoms with E-state index in [2.05, 4.69) is 21.2 Å². The molecule has 0 spiro atoms. The maximum absolute atomic E-state index is 12.1. The van der Waals surface area contributed by atoms with Gasteiger partial charge in [0.05, 0.1) is 6.61 Å². The highest BCUT2D eigenvalue weighted by atomic mass is 79.9. The number of nitrogens with one attached hydrogen (secondary N) is 1. The fourth-order valence-corrected chi connectivity index (χ4v) is 2.35. The number of hydrogen-bond donors (Lipinski definition) is 1. The lowest BCUT2D eigenvalue weighted by Gasteiger charge is -2.18. The number of hydrogen-bond acceptors (Lipinski definition) is 3. The summed E-state index contributed by atoms with van der Waals surface area (Å²) >= 11 is 3.51. The van der Waals surface area contributed by atoms with Crippen molar-refractivity contribution in [1.82, 2.24) is 5.32 Å². The third-order valence-corrected chi connectivity index (χ3v) is 4.21. The van der Waals surface area contributed by atoms with Crippen molar-refractivity contribution in [3.63, 3.8) is 0 Å². The molecule has 1 aliphatic rings. The predicted octanol–water partition coefficient (Wildman–Crippen LogP) is 3.36. The maximum atomic E-state index is 12.1. The number of carbonyl (C=O) groups excluding carboxylic acids is 1. The Bertz CT molecular complexity index is 457. The van der Waals surface area contributed by atoms with Gasteiger partial charge in [-0.2, -0.15) is 0 Å². The third kappa shape index (κ3) is 4.05. The van der Waals surface area contributed by atoms with Gasteiger partial charge in [0.25, 0.3) is 0 Å². The molecular weight excluding hydrogens is 306 g/mol. The number of benzene rings is 1. The molecule has 0 aromatic heterocycles. The van der Waals surface area contributed by atoms with Crippen LogP contribution in [0.15, 0.2) is 22.7 Å². The first kappa shape index (κ1) is 14.5. The SMILES string of the molecule is CCOC(=O)C(NCC1CC1)c1ccc(C)c(Br)c1. The van der Waals surface area contributed by atoms with Gasteiger partial charge in [-0.25, -0.2) is 4.79 Å². The number of halogens is 1. The Kier molecular flexibility index (Phi) is 4.99. The number of ether oxygens (including phenoxy) is 1. The van der Waals surface area contributed by atoms with Crippen molar-refractivity contribution in [2.24, 2.45) is 5.92 Å². The Labute approximate surface area is 122 Å². The summed E-state index contributed by atoms with van der Waals surface area (Å²) in [5, 5.41) is 3.33. The highest BCUT2D eigenvalue weighted by molar-refractivity contribution is 9.10. The van der Waals surface area contributed by atoms with Gasteiger partial charge in [0.2, 0.25) is 0 Å². The zero-order valence-corrected chi connectivity index (χ0v) is 13.0. The highest BCUT2D eigenvalue weighted by Gasteiger charge is 2.27. The quantitative estimate of drug-likeness (QED) is 0.815. The lowest BCUT2D eigenvalue weighted by molar-refractivity contribution is -0.145. The van der Waals surface area contributed by atoms with Gasteiger partial charge < -0.3 is 10.1 Å². The van der Waals surface area contributed by atoms with E-state index >= 15 is 0 Å². The van der Waals surface area contributed by atoms with E-state index in [-0.39, 0.29) is 12.0 Å². The topological polar surface area (TPSA) is 38.3 Å². The van der Waals surface area contributed by atoms with E-state index in [1.54, 1.807) is 0 Å². The van der Waals surface area contributed by atoms with Crippen LogP contribution in [0.1, 0.15) is 36.9 Å². The highest BCUT2D eigenvalue weighted by Crippen LogP contribution is 2.29. The summed E-state index contributed by atoms with van der Waals surface area (Å²) in [4.78, 5) is 12.1. The molecule has 1 atom stereocenters. The van der Waals surface area contributed by atoms with Crippen molar-refractivity contribution in [3.05, 3.63) is 33.8 Å². The largest absolute Gasteiger partial charge is 0.465 e. The smallest absolute Gasteiger partial charge is 0.327 e. The molecule has 0 bridgehead atoms. The van der Waals surface area contributed by atoms with Crippen LogP contribution in [-0.2, 0) is 9.53 Å². The molecule has 1 fully saturated rings. The summed E-state index contributed by atoms with van der Waals surface area (Å²) in [6.45, 7) is 5.16. The fourth-order valence-electron chi connectivity index (χ4n) is 1.96. The molecule has 0 aliphatic heterocycles. The van der Waals surface area contributed by atoms with Crippen LogP contribution in [0, 0.1) is 12.8 Å². The van der Waals surface area contributed by atoms with Crippen LogP contribution >= 0.6 is 15.9 Å². The predicted molar refractivity (Wildman–Crippen MR) is 79.0 cm³/mol. The Morgan fingerprint density at radius 3 is 2.84 bits per heavy atom. The van der Waals surface area contributed by atoms with Crippen LogP contribution in [0.2, 0.25) is 0 Å². The van der Waals surface area contributed by atoms with Gasteiger partial charge in [-0.15, -0.1) is 0 Å². The normalized spacial score (nSPS) is 16.2. The van der Waals surface area contributed by atoms with Crippen molar-refractivity contribution in [2.75, 3.05) is 13.2 Å². The first-order chi connectivity index (χ1) is 9.11. The molecule has 1 aromatic rings. The standard InChI is InChI=1S/C15H20BrNO2/c1-3-19-15(18)14(17-9-11-5-6-11)12-7-4-10(2)13(16)8-12/h4,7-8,11,14,17H,3,5-6,9H2,1-2H3. The molecule has 2 rings (SSSR count). The molecular formula is C15H20BrNO2. The molecule has 0 saturated heterocycles. The number of rotatable bonds is 6. The monoisotopic (exact) mass is 325 g/mol. The summed E-state index contributed by atoms with van der Waals surface area (Å²) in [5.74, 6) is 0.532. The van der Waals surface area contributed by atoms with Gasteiger partial charge in [-0.1, -0.05) is 28.1 Å². The lowest BCUT2D eigenvalue weighted by Crippen LogP contribution is -2.31. The molecule has 1 unspecified atom stereocenters. The van der Waals surface area contributed by atoms with Crippen molar-refractivity contribution in [2.45, 2.75) is 32.7 Å². The van der Waals surface area contributed by atoms with Crippen LogP contribution in [-0.4, -0.2) is 19.1 Å². The average Bonchev–Trinajstić information content (AvgIpc) is 3.18. The average molecular weight is 326 g/mol. The summed E-state index contributed by atoms with van der Waals surface area (Å²) < 4.78 is 6.19. The van der Waals surface area contributed by atoms with Gasteiger partial charge in [0.15, 0.2) is 0 Å². The van der Waals surface area contributed by atoms with Gasteiger partial charge in [0.1, 0.15) is 6.04 Å². The van der Waals surface area contributed by atoms with E-state index in [9.17, 15) is 4.79 Å². The number of aryl methyl sites for hydroxylation is 1. The van der Waals surface area contributed by atoms with Crippen LogP contribution in [0.4, 0.5) is 0 Å². The van der Waals surface area contributed by atoms with Crippen molar-refractivity contribution in [1.29, 1.82) is 0 Å². The summed E-state index contributed by atoms with van der Waals surface area (Å²) in [6, 6.07) is 5.64. The maximum Gasteiger partial charge on any atom is 0.327 e. The molecule has 3 nitrogen and oxygen atoms in total.